The van der Waals surface area contributed by atoms with Crippen molar-refractivity contribution in [3.63, 3.8) is 0 Å². The predicted octanol–water partition coefficient (Wildman–Crippen LogP) is 0.0839. The molecule has 0 aliphatic heterocycles. The molecule has 0 unspecified atom stereocenters. The summed E-state index contributed by atoms with van der Waals surface area (Å²) in [6.45, 7) is 1.44. The van der Waals surface area contributed by atoms with Crippen molar-refractivity contribution in [2.24, 2.45) is 0 Å². The van der Waals surface area contributed by atoms with Crippen molar-refractivity contribution >= 4 is 6.29 Å². The van der Waals surface area contributed by atoms with E-state index in [2.05, 4.69) is 0 Å². The maximum atomic E-state index is 8.81. The van der Waals surface area contributed by atoms with Crippen LogP contribution in [0, 0.1) is 0 Å². The fraction of sp³-hybridized carbons (Fsp3) is 0.500. The summed E-state index contributed by atoms with van der Waals surface area (Å²) in [5.74, 6) is 0. The topological polar surface area (TPSA) is 34.1 Å². The second-order valence-corrected chi connectivity index (χ2v) is 0.236. The molecule has 0 aromatic carbocycles. The molecule has 0 rings (SSSR count). The van der Waals surface area contributed by atoms with Gasteiger partial charge in [-0.25, -0.2) is 0 Å². The average molecular weight is 153 g/mol. The summed E-state index contributed by atoms with van der Waals surface area (Å²) in [5.41, 5.74) is 0. The summed E-state index contributed by atoms with van der Waals surface area (Å²) in [6, 6.07) is 0. The quantitative estimate of drug-likeness (QED) is 0.365. The molecule has 0 atom stereocenters. The molecule has 29 valence electrons. The summed E-state index contributed by atoms with van der Waals surface area (Å²) in [5, 5.41) is 0. The number of aldehydes is 1. The zero-order valence-corrected chi connectivity index (χ0v) is 5.04. The minimum atomic E-state index is 0.500. The van der Waals surface area contributed by atoms with Crippen LogP contribution < -0.4 is 0 Å². The van der Waals surface area contributed by atoms with Gasteiger partial charge in [0.2, 0.25) is 0 Å². The summed E-state index contributed by atoms with van der Waals surface area (Å²) in [6.07, 6.45) is 0.750. The van der Waals surface area contributed by atoms with Gasteiger partial charge in [0.15, 0.2) is 0 Å². The standard InChI is InChI=1S/C2H4O.Nb.O/c1-2-3;;/h2H,1H3;;. The van der Waals surface area contributed by atoms with Gasteiger partial charge < -0.3 is 4.79 Å². The number of carbonyl (C=O) groups is 1. The van der Waals surface area contributed by atoms with E-state index in [1.807, 2.05) is 0 Å². The third-order valence-corrected chi connectivity index (χ3v) is 0. The number of hydrogen-bond acceptors (Lipinski definition) is 2. The average Bonchev–Trinajstić information content (AvgIpc) is 1.46. The molecule has 0 aromatic rings. The second-order valence-electron chi connectivity index (χ2n) is 0.236. The number of carbonyl (C=O) groups excluding carboxylic acids is 1. The van der Waals surface area contributed by atoms with Crippen molar-refractivity contribution in [2.45, 2.75) is 6.92 Å². The Balaban J connectivity index is 0. The summed E-state index contributed by atoms with van der Waals surface area (Å²) in [4.78, 5) is 8.81. The minimum absolute atomic E-state index is 0.500. The van der Waals surface area contributed by atoms with Gasteiger partial charge >= 0.3 is 24.3 Å². The Bertz CT molecular complexity index is 21.6. The number of hydrogen-bond donors (Lipinski definition) is 0. The van der Waals surface area contributed by atoms with Crippen molar-refractivity contribution in [3.8, 4) is 0 Å². The Morgan fingerprint density at radius 3 is 1.60 bits per heavy atom. The Labute approximate surface area is 42.8 Å². The van der Waals surface area contributed by atoms with Gasteiger partial charge in [0.05, 0.1) is 0 Å². The first-order valence-corrected chi connectivity index (χ1v) is 1.89. The molecule has 0 spiro atoms. The van der Waals surface area contributed by atoms with Crippen molar-refractivity contribution in [1.29, 1.82) is 0 Å². The van der Waals surface area contributed by atoms with E-state index < -0.39 is 0 Å². The molecule has 0 heterocycles. The SMILES string of the molecule is CC=O.[O]=[Nb]. The zero-order chi connectivity index (χ0) is 4.71. The van der Waals surface area contributed by atoms with Crippen LogP contribution in [0.2, 0.25) is 0 Å². The van der Waals surface area contributed by atoms with Crippen molar-refractivity contribution in [2.75, 3.05) is 0 Å². The van der Waals surface area contributed by atoms with Gasteiger partial charge in [-0.1, -0.05) is 0 Å². The fourth-order valence-electron chi connectivity index (χ4n) is 0. The molecule has 0 fully saturated rings. The summed E-state index contributed by atoms with van der Waals surface area (Å²) >= 11 is 0.500. The van der Waals surface area contributed by atoms with Gasteiger partial charge in [-0.3, -0.25) is 0 Å². The van der Waals surface area contributed by atoms with Crippen molar-refractivity contribution in [3.05, 3.63) is 0 Å². The molecule has 0 aliphatic carbocycles. The van der Waals surface area contributed by atoms with Crippen LogP contribution >= 0.6 is 0 Å². The molecule has 2 nitrogen and oxygen atoms in total. The van der Waals surface area contributed by atoms with Gasteiger partial charge in [-0.2, -0.15) is 0 Å². The van der Waals surface area contributed by atoms with Gasteiger partial charge in [0, 0.05) is 0 Å². The first kappa shape index (κ1) is 8.96. The Morgan fingerprint density at radius 1 is 1.60 bits per heavy atom. The van der Waals surface area contributed by atoms with E-state index in [-0.39, 0.29) is 0 Å². The Hall–Kier alpha value is 0.210. The fourth-order valence-corrected chi connectivity index (χ4v) is 0. The zero-order valence-electron chi connectivity index (χ0n) is 2.84. The second kappa shape index (κ2) is 29.6. The molecule has 5 heavy (non-hydrogen) atoms. The molecule has 0 bridgehead atoms. The van der Waals surface area contributed by atoms with Crippen LogP contribution in [0.1, 0.15) is 6.92 Å². The molecule has 0 aliphatic rings. The maximum absolute atomic E-state index is 8.81. The van der Waals surface area contributed by atoms with Gasteiger partial charge in [0.1, 0.15) is 6.29 Å². The summed E-state index contributed by atoms with van der Waals surface area (Å²) < 4.78 is 8.30. The van der Waals surface area contributed by atoms with Crippen LogP contribution in [0.3, 0.4) is 0 Å². The molecule has 0 aromatic heterocycles. The van der Waals surface area contributed by atoms with Crippen LogP contribution in [0.15, 0.2) is 0 Å². The Morgan fingerprint density at radius 2 is 1.60 bits per heavy atom. The third-order valence-electron chi connectivity index (χ3n) is 0. The first-order valence-electron chi connectivity index (χ1n) is 0.996. The van der Waals surface area contributed by atoms with E-state index in [1.165, 1.54) is 6.92 Å². The normalized spacial score (nSPS) is 3.20. The van der Waals surface area contributed by atoms with Gasteiger partial charge in [-0.15, -0.1) is 0 Å². The molecule has 0 amide bonds. The molecule has 0 radical (unpaired) electrons. The number of rotatable bonds is 0. The third kappa shape index (κ3) is 465. The molecular weight excluding hydrogens is 149 g/mol. The van der Waals surface area contributed by atoms with Gasteiger partial charge in [0.25, 0.3) is 0 Å². The molecular formula is C2H4NbO2. The van der Waals surface area contributed by atoms with E-state index in [1.54, 1.807) is 0 Å². The predicted molar refractivity (Wildman–Crippen MR) is 12.4 cm³/mol. The summed E-state index contributed by atoms with van der Waals surface area (Å²) in [7, 11) is 0. The van der Waals surface area contributed by atoms with E-state index in [9.17, 15) is 0 Å². The van der Waals surface area contributed by atoms with Gasteiger partial charge in [-0.05, 0) is 6.92 Å². The van der Waals surface area contributed by atoms with Crippen LogP contribution in [0.5, 0.6) is 0 Å². The van der Waals surface area contributed by atoms with E-state index in [0.29, 0.717) is 21.0 Å². The van der Waals surface area contributed by atoms with Crippen LogP contribution in [-0.2, 0) is 29.1 Å². The van der Waals surface area contributed by atoms with Crippen LogP contribution in [0.25, 0.3) is 0 Å². The first-order chi connectivity index (χ1) is 2.41. The van der Waals surface area contributed by atoms with E-state index >= 15 is 0 Å². The molecule has 0 saturated carbocycles. The van der Waals surface area contributed by atoms with Crippen molar-refractivity contribution in [1.82, 2.24) is 0 Å². The molecule has 0 saturated heterocycles. The van der Waals surface area contributed by atoms with Crippen LogP contribution in [0.4, 0.5) is 0 Å². The van der Waals surface area contributed by atoms with Crippen molar-refractivity contribution < 1.29 is 29.1 Å². The monoisotopic (exact) mass is 153 g/mol. The molecule has 0 N–H and O–H groups in total. The Kier molecular flexibility index (Phi) is 53.1. The van der Waals surface area contributed by atoms with Crippen LogP contribution in [-0.4, -0.2) is 6.29 Å². The molecule has 3 heteroatoms. The van der Waals surface area contributed by atoms with E-state index in [0.717, 1.165) is 6.29 Å². The van der Waals surface area contributed by atoms with E-state index in [4.69, 9.17) is 8.04 Å².